The number of nitrogens with one attached hydrogen (secondary N) is 2. The van der Waals surface area contributed by atoms with Gasteiger partial charge in [-0.2, -0.15) is 0 Å². The average molecular weight is 292 g/mol. The van der Waals surface area contributed by atoms with E-state index in [9.17, 15) is 14.7 Å². The summed E-state index contributed by atoms with van der Waals surface area (Å²) in [5.74, 6) is -0.730. The molecule has 1 aliphatic heterocycles. The van der Waals surface area contributed by atoms with Gasteiger partial charge < -0.3 is 20.5 Å². The Kier molecular flexibility index (Phi) is 5.57. The van der Waals surface area contributed by atoms with Crippen molar-refractivity contribution in [2.24, 2.45) is 5.92 Å². The molecule has 2 atom stereocenters. The summed E-state index contributed by atoms with van der Waals surface area (Å²) in [6.45, 7) is 1.87. The van der Waals surface area contributed by atoms with Gasteiger partial charge >= 0.3 is 12.0 Å². The van der Waals surface area contributed by atoms with Crippen LogP contribution in [-0.2, 0) is 16.0 Å². The van der Waals surface area contributed by atoms with E-state index in [1.807, 2.05) is 30.3 Å². The second-order valence-electron chi connectivity index (χ2n) is 5.16. The molecule has 0 aliphatic carbocycles. The highest BCUT2D eigenvalue weighted by atomic mass is 16.5. The molecule has 0 saturated carbocycles. The lowest BCUT2D eigenvalue weighted by atomic mass is 10.1. The summed E-state index contributed by atoms with van der Waals surface area (Å²) < 4.78 is 5.22. The van der Waals surface area contributed by atoms with Gasteiger partial charge in [0.15, 0.2) is 0 Å². The van der Waals surface area contributed by atoms with Gasteiger partial charge in [-0.15, -0.1) is 0 Å². The summed E-state index contributed by atoms with van der Waals surface area (Å²) in [4.78, 5) is 23.0. The molecule has 1 aromatic rings. The Morgan fingerprint density at radius 1 is 1.33 bits per heavy atom. The van der Waals surface area contributed by atoms with Crippen molar-refractivity contribution in [2.75, 3.05) is 19.8 Å². The van der Waals surface area contributed by atoms with Crippen LogP contribution in [0.25, 0.3) is 0 Å². The van der Waals surface area contributed by atoms with Gasteiger partial charge in [-0.1, -0.05) is 30.3 Å². The van der Waals surface area contributed by atoms with E-state index in [-0.39, 0.29) is 6.42 Å². The number of ether oxygens (including phenoxy) is 1. The summed E-state index contributed by atoms with van der Waals surface area (Å²) in [5, 5.41) is 14.4. The van der Waals surface area contributed by atoms with Crippen LogP contribution in [0.3, 0.4) is 0 Å². The van der Waals surface area contributed by atoms with Crippen LogP contribution in [0, 0.1) is 5.92 Å². The maximum atomic E-state index is 11.8. The number of carboxylic acid groups (broad SMARTS) is 1. The Morgan fingerprint density at radius 2 is 2.10 bits per heavy atom. The lowest BCUT2D eigenvalue weighted by molar-refractivity contribution is -0.139. The van der Waals surface area contributed by atoms with E-state index >= 15 is 0 Å². The minimum Gasteiger partial charge on any atom is -0.480 e. The highest BCUT2D eigenvalue weighted by molar-refractivity contribution is 5.82. The highest BCUT2D eigenvalue weighted by Crippen LogP contribution is 2.10. The molecule has 2 amide bonds. The molecule has 0 aromatic heterocycles. The van der Waals surface area contributed by atoms with Crippen molar-refractivity contribution >= 4 is 12.0 Å². The first kappa shape index (κ1) is 15.3. The van der Waals surface area contributed by atoms with Crippen molar-refractivity contribution in [1.82, 2.24) is 10.6 Å². The van der Waals surface area contributed by atoms with Gasteiger partial charge in [-0.3, -0.25) is 0 Å². The Hall–Kier alpha value is -2.08. The lowest BCUT2D eigenvalue weighted by Gasteiger charge is -2.16. The number of amides is 2. The van der Waals surface area contributed by atoms with E-state index in [0.29, 0.717) is 19.1 Å². The first-order chi connectivity index (χ1) is 10.1. The molecule has 114 valence electrons. The summed E-state index contributed by atoms with van der Waals surface area (Å²) in [6.07, 6.45) is 1.18. The van der Waals surface area contributed by atoms with Gasteiger partial charge in [-0.05, 0) is 12.0 Å². The SMILES string of the molecule is O=C(NCC1CCOC1)NC(Cc1ccccc1)C(=O)O. The topological polar surface area (TPSA) is 87.7 Å². The van der Waals surface area contributed by atoms with Gasteiger partial charge in [-0.25, -0.2) is 9.59 Å². The van der Waals surface area contributed by atoms with Gasteiger partial charge in [0.2, 0.25) is 0 Å². The van der Waals surface area contributed by atoms with Gasteiger partial charge in [0.05, 0.1) is 6.61 Å². The van der Waals surface area contributed by atoms with Crippen molar-refractivity contribution in [3.8, 4) is 0 Å². The number of benzene rings is 1. The van der Waals surface area contributed by atoms with Gasteiger partial charge in [0.1, 0.15) is 6.04 Å². The molecule has 0 radical (unpaired) electrons. The van der Waals surface area contributed by atoms with Crippen molar-refractivity contribution in [3.05, 3.63) is 35.9 Å². The van der Waals surface area contributed by atoms with E-state index in [2.05, 4.69) is 10.6 Å². The number of rotatable bonds is 6. The second kappa shape index (κ2) is 7.64. The van der Waals surface area contributed by atoms with Crippen molar-refractivity contribution < 1.29 is 19.4 Å². The van der Waals surface area contributed by atoms with E-state index in [4.69, 9.17) is 4.74 Å². The summed E-state index contributed by atoms with van der Waals surface area (Å²) in [5.41, 5.74) is 0.870. The molecule has 1 heterocycles. The Labute approximate surface area is 123 Å². The predicted octanol–water partition coefficient (Wildman–Crippen LogP) is 1.02. The molecule has 3 N–H and O–H groups in total. The molecule has 21 heavy (non-hydrogen) atoms. The molecular formula is C15H20N2O4. The largest absolute Gasteiger partial charge is 0.480 e. The molecule has 1 aromatic carbocycles. The number of carbonyl (C=O) groups is 2. The number of carboxylic acids is 1. The van der Waals surface area contributed by atoms with Crippen molar-refractivity contribution in [3.63, 3.8) is 0 Å². The van der Waals surface area contributed by atoms with Crippen LogP contribution in [0.4, 0.5) is 4.79 Å². The van der Waals surface area contributed by atoms with Crippen LogP contribution in [0.15, 0.2) is 30.3 Å². The van der Waals surface area contributed by atoms with E-state index in [1.165, 1.54) is 0 Å². The fourth-order valence-electron chi connectivity index (χ4n) is 2.24. The Balaban J connectivity index is 1.81. The summed E-state index contributed by atoms with van der Waals surface area (Å²) in [6, 6.07) is 7.83. The van der Waals surface area contributed by atoms with E-state index in [1.54, 1.807) is 0 Å². The van der Waals surface area contributed by atoms with Crippen LogP contribution in [0.1, 0.15) is 12.0 Å². The second-order valence-corrected chi connectivity index (χ2v) is 5.16. The average Bonchev–Trinajstić information content (AvgIpc) is 2.99. The molecule has 2 unspecified atom stereocenters. The number of urea groups is 1. The fraction of sp³-hybridized carbons (Fsp3) is 0.467. The number of aliphatic carboxylic acids is 1. The zero-order chi connectivity index (χ0) is 15.1. The minimum atomic E-state index is -1.04. The third kappa shape index (κ3) is 5.07. The smallest absolute Gasteiger partial charge is 0.326 e. The standard InChI is InChI=1S/C15H20N2O4/c18-14(19)13(8-11-4-2-1-3-5-11)17-15(20)16-9-12-6-7-21-10-12/h1-5,12-13H,6-10H2,(H,18,19)(H2,16,17,20). The zero-order valence-electron chi connectivity index (χ0n) is 11.7. The van der Waals surface area contributed by atoms with Crippen LogP contribution < -0.4 is 10.6 Å². The molecule has 6 heteroatoms. The number of hydrogen-bond acceptors (Lipinski definition) is 3. The predicted molar refractivity (Wildman–Crippen MR) is 77.0 cm³/mol. The molecular weight excluding hydrogens is 272 g/mol. The molecule has 2 rings (SSSR count). The van der Waals surface area contributed by atoms with Gasteiger partial charge in [0, 0.05) is 25.5 Å². The van der Waals surface area contributed by atoms with Crippen molar-refractivity contribution in [2.45, 2.75) is 18.9 Å². The van der Waals surface area contributed by atoms with Crippen LogP contribution >= 0.6 is 0 Å². The molecule has 0 bridgehead atoms. The fourth-order valence-corrected chi connectivity index (χ4v) is 2.24. The normalized spacial score (nSPS) is 19.0. The zero-order valence-corrected chi connectivity index (χ0v) is 11.7. The monoisotopic (exact) mass is 292 g/mol. The molecule has 0 spiro atoms. The maximum Gasteiger partial charge on any atom is 0.326 e. The third-order valence-corrected chi connectivity index (χ3v) is 3.46. The number of carbonyl (C=O) groups excluding carboxylic acids is 1. The molecule has 6 nitrogen and oxygen atoms in total. The maximum absolute atomic E-state index is 11.8. The van der Waals surface area contributed by atoms with Crippen LogP contribution in [0.5, 0.6) is 0 Å². The minimum absolute atomic E-state index is 0.260. The van der Waals surface area contributed by atoms with Crippen LogP contribution in [-0.4, -0.2) is 42.9 Å². The molecule has 1 fully saturated rings. The molecule has 1 saturated heterocycles. The molecule has 1 aliphatic rings. The van der Waals surface area contributed by atoms with Gasteiger partial charge in [0.25, 0.3) is 0 Å². The first-order valence-electron chi connectivity index (χ1n) is 7.04. The van der Waals surface area contributed by atoms with E-state index in [0.717, 1.165) is 18.6 Å². The Bertz CT molecular complexity index is 472. The number of hydrogen-bond donors (Lipinski definition) is 3. The summed E-state index contributed by atoms with van der Waals surface area (Å²) >= 11 is 0. The van der Waals surface area contributed by atoms with Crippen molar-refractivity contribution in [1.29, 1.82) is 0 Å². The lowest BCUT2D eigenvalue weighted by Crippen LogP contribution is -2.48. The highest BCUT2D eigenvalue weighted by Gasteiger charge is 2.21. The van der Waals surface area contributed by atoms with E-state index < -0.39 is 18.0 Å². The Morgan fingerprint density at radius 3 is 2.71 bits per heavy atom. The summed E-state index contributed by atoms with van der Waals surface area (Å²) in [7, 11) is 0. The first-order valence-corrected chi connectivity index (χ1v) is 7.04. The quantitative estimate of drug-likeness (QED) is 0.730. The third-order valence-electron chi connectivity index (χ3n) is 3.46. The van der Waals surface area contributed by atoms with Crippen LogP contribution in [0.2, 0.25) is 0 Å².